The van der Waals surface area contributed by atoms with E-state index < -0.39 is 65.0 Å². The lowest BCUT2D eigenvalue weighted by Gasteiger charge is -2.21. The molecule has 8 nitrogen and oxygen atoms in total. The van der Waals surface area contributed by atoms with Gasteiger partial charge >= 0.3 is 18.0 Å². The maximum Gasteiger partial charge on any atom is 0.416 e. The first kappa shape index (κ1) is 30.4. The number of benzene rings is 2. The van der Waals surface area contributed by atoms with E-state index in [1.54, 1.807) is 20.8 Å². The summed E-state index contributed by atoms with van der Waals surface area (Å²) < 4.78 is 82.5. The van der Waals surface area contributed by atoms with Crippen molar-refractivity contribution in [3.8, 4) is 16.9 Å². The molecule has 0 aliphatic carbocycles. The average Bonchev–Trinajstić information content (AvgIpc) is 2.84. The molecule has 13 heteroatoms. The fourth-order valence-corrected chi connectivity index (χ4v) is 4.08. The summed E-state index contributed by atoms with van der Waals surface area (Å²) in [7, 11) is 1.20. The quantitative estimate of drug-likeness (QED) is 0.411. The van der Waals surface area contributed by atoms with Gasteiger partial charge in [-0.05, 0) is 45.9 Å². The minimum Gasteiger partial charge on any atom is -0.494 e. The Morgan fingerprint density at radius 2 is 1.65 bits per heavy atom. The number of halogens is 5. The van der Waals surface area contributed by atoms with Crippen LogP contribution < -0.4 is 21.3 Å². The van der Waals surface area contributed by atoms with Crippen LogP contribution in [-0.4, -0.2) is 34.5 Å². The number of carbonyl (C=O) groups excluding carboxylic acids is 1. The van der Waals surface area contributed by atoms with Gasteiger partial charge in [-0.1, -0.05) is 18.2 Å². The summed E-state index contributed by atoms with van der Waals surface area (Å²) in [6, 6.07) is 6.29. The van der Waals surface area contributed by atoms with E-state index in [-0.39, 0.29) is 29.1 Å². The number of hydrogen-bond acceptors (Lipinski definition) is 5. The van der Waals surface area contributed by atoms with E-state index in [9.17, 15) is 31.9 Å². The van der Waals surface area contributed by atoms with Gasteiger partial charge in [0.1, 0.15) is 11.4 Å². The zero-order valence-corrected chi connectivity index (χ0v) is 22.4. The van der Waals surface area contributed by atoms with Crippen LogP contribution in [0, 0.1) is 18.6 Å². The van der Waals surface area contributed by atoms with Crippen LogP contribution in [0.15, 0.2) is 46.0 Å². The van der Waals surface area contributed by atoms with Crippen LogP contribution in [0.1, 0.15) is 37.6 Å². The number of nitrogens with zero attached hydrogens (tertiary/aromatic N) is 2. The van der Waals surface area contributed by atoms with Gasteiger partial charge in [0.15, 0.2) is 11.6 Å². The van der Waals surface area contributed by atoms with E-state index in [1.165, 1.54) is 32.2 Å². The van der Waals surface area contributed by atoms with Crippen molar-refractivity contribution in [1.29, 1.82) is 0 Å². The van der Waals surface area contributed by atoms with Crippen LogP contribution in [0.2, 0.25) is 0 Å². The standard InChI is InChI=1S/C27H28F5N3O5/c1-15-21(16-8-6-11-20(39-5)22(16)29)23(36)34(13-12-33-24(37)40-26(2,3)4)25(38)35(15)14-17-18(27(30,31)32)9-7-10-19(17)28/h6-11H,12-14H2,1-5H3,(H,33,37). The van der Waals surface area contributed by atoms with Gasteiger partial charge in [-0.3, -0.25) is 13.9 Å². The summed E-state index contributed by atoms with van der Waals surface area (Å²) in [5.41, 5.74) is -5.86. The van der Waals surface area contributed by atoms with E-state index in [1.807, 2.05) is 0 Å². The van der Waals surface area contributed by atoms with Crippen molar-refractivity contribution < 1.29 is 36.2 Å². The molecule has 2 aromatic carbocycles. The van der Waals surface area contributed by atoms with Gasteiger partial charge in [-0.15, -0.1) is 0 Å². The Balaban J connectivity index is 2.22. The topological polar surface area (TPSA) is 91.6 Å². The van der Waals surface area contributed by atoms with Crippen molar-refractivity contribution >= 4 is 6.09 Å². The second-order valence-corrected chi connectivity index (χ2v) is 9.80. The number of carbonyl (C=O) groups is 1. The zero-order valence-electron chi connectivity index (χ0n) is 22.4. The van der Waals surface area contributed by atoms with E-state index in [2.05, 4.69) is 5.32 Å². The van der Waals surface area contributed by atoms with Crippen LogP contribution in [0.3, 0.4) is 0 Å². The molecule has 0 radical (unpaired) electrons. The molecule has 1 aromatic heterocycles. The lowest BCUT2D eigenvalue weighted by atomic mass is 10.0. The highest BCUT2D eigenvalue weighted by Gasteiger charge is 2.35. The fraction of sp³-hybridized carbons (Fsp3) is 0.370. The third-order valence-corrected chi connectivity index (χ3v) is 5.88. The molecule has 40 heavy (non-hydrogen) atoms. The van der Waals surface area contributed by atoms with Crippen LogP contribution >= 0.6 is 0 Å². The van der Waals surface area contributed by atoms with Gasteiger partial charge in [-0.2, -0.15) is 13.2 Å². The minimum atomic E-state index is -4.94. The van der Waals surface area contributed by atoms with E-state index >= 15 is 4.39 Å². The fourth-order valence-electron chi connectivity index (χ4n) is 4.08. The highest BCUT2D eigenvalue weighted by Crippen LogP contribution is 2.34. The van der Waals surface area contributed by atoms with Gasteiger partial charge in [-0.25, -0.2) is 18.4 Å². The van der Waals surface area contributed by atoms with Gasteiger partial charge in [0, 0.05) is 29.9 Å². The first-order valence-electron chi connectivity index (χ1n) is 12.0. The van der Waals surface area contributed by atoms with Gasteiger partial charge < -0.3 is 14.8 Å². The molecule has 0 saturated heterocycles. The smallest absolute Gasteiger partial charge is 0.416 e. The number of hydrogen-bond donors (Lipinski definition) is 1. The van der Waals surface area contributed by atoms with Gasteiger partial charge in [0.25, 0.3) is 5.56 Å². The molecule has 0 aliphatic heterocycles. The third kappa shape index (κ3) is 6.52. The molecule has 1 amide bonds. The van der Waals surface area contributed by atoms with Crippen molar-refractivity contribution in [2.45, 2.75) is 52.6 Å². The molecule has 1 heterocycles. The Labute approximate surface area is 226 Å². The Morgan fingerprint density at radius 3 is 2.25 bits per heavy atom. The summed E-state index contributed by atoms with van der Waals surface area (Å²) >= 11 is 0. The molecule has 0 atom stereocenters. The van der Waals surface area contributed by atoms with Gasteiger partial charge in [0.2, 0.25) is 0 Å². The van der Waals surface area contributed by atoms with E-state index in [0.29, 0.717) is 10.6 Å². The predicted molar refractivity (Wildman–Crippen MR) is 136 cm³/mol. The lowest BCUT2D eigenvalue weighted by molar-refractivity contribution is -0.138. The summed E-state index contributed by atoms with van der Waals surface area (Å²) in [6.07, 6.45) is -5.78. The number of alkyl halides is 3. The molecular formula is C27H28F5N3O5. The number of methoxy groups -OCH3 is 1. The highest BCUT2D eigenvalue weighted by atomic mass is 19.4. The maximum atomic E-state index is 15.3. The number of amides is 1. The molecule has 1 N–H and O–H groups in total. The highest BCUT2D eigenvalue weighted by molar-refractivity contribution is 5.68. The maximum absolute atomic E-state index is 15.3. The van der Waals surface area contributed by atoms with Crippen LogP contribution in [0.25, 0.3) is 11.1 Å². The lowest BCUT2D eigenvalue weighted by Crippen LogP contribution is -2.45. The molecule has 0 spiro atoms. The second kappa shape index (κ2) is 11.5. The number of aromatic nitrogens is 2. The molecule has 0 unspecified atom stereocenters. The zero-order chi connectivity index (χ0) is 30.0. The molecule has 0 bridgehead atoms. The molecule has 3 rings (SSSR count). The van der Waals surface area contributed by atoms with Crippen LogP contribution in [0.5, 0.6) is 5.75 Å². The first-order valence-corrected chi connectivity index (χ1v) is 12.0. The number of rotatable bonds is 7. The number of alkyl carbamates (subject to hydrolysis) is 1. The van der Waals surface area contributed by atoms with Crippen molar-refractivity contribution in [3.05, 3.63) is 85.7 Å². The minimum absolute atomic E-state index is 0.199. The summed E-state index contributed by atoms with van der Waals surface area (Å²) in [4.78, 5) is 39.0. The van der Waals surface area contributed by atoms with Crippen molar-refractivity contribution in [2.24, 2.45) is 0 Å². The van der Waals surface area contributed by atoms with E-state index in [0.717, 1.165) is 16.7 Å². The predicted octanol–water partition coefficient (Wildman–Crippen LogP) is 4.86. The summed E-state index contributed by atoms with van der Waals surface area (Å²) in [5.74, 6) is -2.39. The second-order valence-electron chi connectivity index (χ2n) is 9.80. The molecular weight excluding hydrogens is 541 g/mol. The normalized spacial score (nSPS) is 11.8. The van der Waals surface area contributed by atoms with Crippen LogP contribution in [0.4, 0.5) is 26.7 Å². The van der Waals surface area contributed by atoms with Gasteiger partial charge in [0.05, 0.1) is 24.8 Å². The Bertz CT molecular complexity index is 1540. The third-order valence-electron chi connectivity index (χ3n) is 5.88. The molecule has 216 valence electrons. The Hall–Kier alpha value is -4.16. The van der Waals surface area contributed by atoms with Crippen molar-refractivity contribution in [3.63, 3.8) is 0 Å². The van der Waals surface area contributed by atoms with E-state index in [4.69, 9.17) is 9.47 Å². The largest absolute Gasteiger partial charge is 0.494 e. The summed E-state index contributed by atoms with van der Waals surface area (Å²) in [5, 5.41) is 2.38. The summed E-state index contributed by atoms with van der Waals surface area (Å²) in [6.45, 7) is 4.48. The first-order chi connectivity index (χ1) is 18.6. The van der Waals surface area contributed by atoms with Crippen molar-refractivity contribution in [1.82, 2.24) is 14.5 Å². The Kier molecular flexibility index (Phi) is 8.75. The monoisotopic (exact) mass is 569 g/mol. The van der Waals surface area contributed by atoms with Crippen molar-refractivity contribution in [2.75, 3.05) is 13.7 Å². The molecule has 3 aromatic rings. The number of nitrogens with one attached hydrogen (secondary N) is 1. The Morgan fingerprint density at radius 1 is 1.00 bits per heavy atom. The SMILES string of the molecule is COc1cccc(-c2c(C)n(Cc3c(F)cccc3C(F)(F)F)c(=O)n(CCNC(=O)OC(C)(C)C)c2=O)c1F. The average molecular weight is 570 g/mol. The molecule has 0 fully saturated rings. The molecule has 0 saturated carbocycles. The number of ether oxygens (including phenoxy) is 2. The van der Waals surface area contributed by atoms with Crippen LogP contribution in [-0.2, 0) is 24.0 Å². The molecule has 0 aliphatic rings.